The molecule has 0 radical (unpaired) electrons. The summed E-state index contributed by atoms with van der Waals surface area (Å²) >= 11 is 6.45. The number of ether oxygens (including phenoxy) is 3. The van der Waals surface area contributed by atoms with Crippen molar-refractivity contribution in [2.45, 2.75) is 18.9 Å². The number of aliphatic hydroxyl groups is 1. The zero-order chi connectivity index (χ0) is 28.8. The molecule has 2 atom stereocenters. The van der Waals surface area contributed by atoms with Crippen molar-refractivity contribution in [3.8, 4) is 17.2 Å². The van der Waals surface area contributed by atoms with Gasteiger partial charge in [0.05, 0.1) is 32.0 Å². The quantitative estimate of drug-likeness (QED) is 0.525. The minimum atomic E-state index is -1.90. The van der Waals surface area contributed by atoms with E-state index in [4.69, 9.17) is 25.8 Å². The molecule has 0 aromatic heterocycles. The molecule has 5 rings (SSSR count). The number of ketones is 2. The lowest BCUT2D eigenvalue weighted by Gasteiger charge is -2.36. The Bertz CT molecular complexity index is 1500. The molecule has 2 aromatic rings. The first-order valence-corrected chi connectivity index (χ1v) is 12.9. The molecular formula is C28H26ClN3O8. The Morgan fingerprint density at radius 1 is 1.20 bits per heavy atom. The van der Waals surface area contributed by atoms with Crippen LogP contribution in [0.1, 0.15) is 34.1 Å². The van der Waals surface area contributed by atoms with Crippen LogP contribution in [0.25, 0.3) is 0 Å². The number of Topliss-reactive ketones (excluding diaryl/α,β-unsaturated/α-hetero) is 2. The Hall–Kier alpha value is -4.38. The highest BCUT2D eigenvalue weighted by molar-refractivity contribution is 6.35. The minimum absolute atomic E-state index is 0.00153. The summed E-state index contributed by atoms with van der Waals surface area (Å²) in [6.07, 6.45) is 1.08. The monoisotopic (exact) mass is 567 g/mol. The third kappa shape index (κ3) is 4.26. The number of hydrogen-bond donors (Lipinski definition) is 2. The summed E-state index contributed by atoms with van der Waals surface area (Å²) in [5.41, 5.74) is -1.27. The fourth-order valence-corrected chi connectivity index (χ4v) is 5.40. The van der Waals surface area contributed by atoms with Crippen LogP contribution in [0, 0.1) is 5.92 Å². The number of fused-ring (bicyclic) bond motifs is 1. The van der Waals surface area contributed by atoms with Gasteiger partial charge in [-0.25, -0.2) is 0 Å². The van der Waals surface area contributed by atoms with E-state index in [1.165, 1.54) is 31.4 Å². The van der Waals surface area contributed by atoms with Crippen molar-refractivity contribution >= 4 is 46.9 Å². The molecule has 2 amide bonds. The van der Waals surface area contributed by atoms with E-state index in [-0.39, 0.29) is 58.2 Å². The number of aliphatic hydroxyl groups excluding tert-OH is 1. The molecule has 2 heterocycles. The molecule has 40 heavy (non-hydrogen) atoms. The molecular weight excluding hydrogens is 542 g/mol. The second-order valence-electron chi connectivity index (χ2n) is 9.64. The van der Waals surface area contributed by atoms with Crippen LogP contribution < -0.4 is 19.5 Å². The molecule has 2 unspecified atom stereocenters. The highest BCUT2D eigenvalue weighted by Gasteiger charge is 2.60. The summed E-state index contributed by atoms with van der Waals surface area (Å²) in [6.45, 7) is 2.42. The third-order valence-corrected chi connectivity index (χ3v) is 7.65. The van der Waals surface area contributed by atoms with Gasteiger partial charge in [0.15, 0.2) is 17.3 Å². The van der Waals surface area contributed by atoms with E-state index in [2.05, 4.69) is 10.3 Å². The molecule has 1 spiro atoms. The molecule has 1 fully saturated rings. The average Bonchev–Trinajstić information content (AvgIpc) is 3.27. The summed E-state index contributed by atoms with van der Waals surface area (Å²) in [5.74, 6) is -2.45. The zero-order valence-corrected chi connectivity index (χ0v) is 22.7. The number of hydrogen-bond acceptors (Lipinski definition) is 9. The number of halogens is 1. The van der Waals surface area contributed by atoms with Gasteiger partial charge in [0, 0.05) is 43.3 Å². The van der Waals surface area contributed by atoms with Crippen molar-refractivity contribution in [2.75, 3.05) is 33.9 Å². The number of nitrogens with zero attached hydrogens (tertiary/aromatic N) is 2. The van der Waals surface area contributed by atoms with Crippen molar-refractivity contribution in [3.05, 3.63) is 57.8 Å². The van der Waals surface area contributed by atoms with E-state index in [9.17, 15) is 24.3 Å². The van der Waals surface area contributed by atoms with Crippen molar-refractivity contribution in [1.82, 2.24) is 10.2 Å². The molecule has 2 aliphatic heterocycles. The Morgan fingerprint density at radius 2 is 1.90 bits per heavy atom. The normalized spacial score (nSPS) is 22.4. The number of allylic oxidation sites excluding steroid dienone is 1. The standard InChI is InChI=1S/C28H26ClN3O8/c1-14-10-18(33)17(12-31-16-6-4-15(5-7-16)27(37)32-9-8-30-21(34)13-32)25(35)28(14)26(36)22-19(38-2)11-20(39-3)23(29)24(22)40-28/h4-7,11-12,14,35H,8-10,13H2,1-3H3,(H,30,34). The Morgan fingerprint density at radius 3 is 2.55 bits per heavy atom. The van der Waals surface area contributed by atoms with Crippen LogP contribution >= 0.6 is 11.6 Å². The zero-order valence-electron chi connectivity index (χ0n) is 21.9. The number of methoxy groups -OCH3 is 2. The van der Waals surface area contributed by atoms with Crippen molar-refractivity contribution in [2.24, 2.45) is 10.9 Å². The topological polar surface area (TPSA) is 144 Å². The van der Waals surface area contributed by atoms with Gasteiger partial charge in [-0.05, 0) is 24.3 Å². The van der Waals surface area contributed by atoms with Crippen LogP contribution in [0.3, 0.4) is 0 Å². The highest BCUT2D eigenvalue weighted by atomic mass is 35.5. The molecule has 1 saturated heterocycles. The lowest BCUT2D eigenvalue weighted by molar-refractivity contribution is -0.123. The predicted molar refractivity (Wildman–Crippen MR) is 144 cm³/mol. The predicted octanol–water partition coefficient (Wildman–Crippen LogP) is 3.07. The smallest absolute Gasteiger partial charge is 0.254 e. The first-order chi connectivity index (χ1) is 19.1. The van der Waals surface area contributed by atoms with Gasteiger partial charge in [-0.3, -0.25) is 24.2 Å². The molecule has 2 N–H and O–H groups in total. The minimum Gasteiger partial charge on any atom is -0.507 e. The molecule has 12 heteroatoms. The molecule has 2 aromatic carbocycles. The molecule has 1 aliphatic carbocycles. The lowest BCUT2D eigenvalue weighted by atomic mass is 9.73. The van der Waals surface area contributed by atoms with Crippen LogP contribution in [0.15, 0.2) is 46.7 Å². The van der Waals surface area contributed by atoms with Crippen LogP contribution in [0.2, 0.25) is 5.02 Å². The highest BCUT2D eigenvalue weighted by Crippen LogP contribution is 2.54. The van der Waals surface area contributed by atoms with Gasteiger partial charge in [-0.15, -0.1) is 0 Å². The second kappa shape index (κ2) is 10.3. The Labute approximate surface area is 234 Å². The first kappa shape index (κ1) is 27.2. The van der Waals surface area contributed by atoms with Crippen LogP contribution in [0.4, 0.5) is 5.69 Å². The number of benzene rings is 2. The van der Waals surface area contributed by atoms with E-state index < -0.39 is 28.8 Å². The van der Waals surface area contributed by atoms with E-state index >= 15 is 0 Å². The van der Waals surface area contributed by atoms with Gasteiger partial charge in [0.25, 0.3) is 5.91 Å². The van der Waals surface area contributed by atoms with E-state index in [1.807, 2.05) is 0 Å². The fourth-order valence-electron chi connectivity index (χ4n) is 5.14. The van der Waals surface area contributed by atoms with E-state index in [0.29, 0.717) is 24.3 Å². The maximum absolute atomic E-state index is 13.8. The van der Waals surface area contributed by atoms with Gasteiger partial charge in [-0.2, -0.15) is 0 Å². The third-order valence-electron chi connectivity index (χ3n) is 7.29. The fraction of sp³-hybridized carbons (Fsp3) is 0.321. The second-order valence-corrected chi connectivity index (χ2v) is 10.0. The van der Waals surface area contributed by atoms with E-state index in [1.54, 1.807) is 31.2 Å². The van der Waals surface area contributed by atoms with Gasteiger partial charge in [-0.1, -0.05) is 18.5 Å². The lowest BCUT2D eigenvalue weighted by Crippen LogP contribution is -2.52. The van der Waals surface area contributed by atoms with E-state index in [0.717, 1.165) is 0 Å². The van der Waals surface area contributed by atoms with Gasteiger partial charge < -0.3 is 29.5 Å². The van der Waals surface area contributed by atoms with Crippen molar-refractivity contribution in [3.63, 3.8) is 0 Å². The number of carbonyl (C=O) groups is 4. The molecule has 0 saturated carbocycles. The Balaban J connectivity index is 1.46. The number of amides is 2. The SMILES string of the molecule is COc1cc(OC)c2c(c1Cl)OC1(C2=O)C(O)=C(C=Nc2ccc(C(=O)N3CCNC(=O)C3)cc2)C(=O)CC1C. The summed E-state index contributed by atoms with van der Waals surface area (Å²) in [6, 6.07) is 7.72. The maximum atomic E-state index is 13.8. The number of nitrogens with one attached hydrogen (secondary N) is 1. The van der Waals surface area contributed by atoms with Gasteiger partial charge >= 0.3 is 0 Å². The van der Waals surface area contributed by atoms with Crippen LogP contribution in [-0.4, -0.2) is 79.1 Å². The molecule has 208 valence electrons. The van der Waals surface area contributed by atoms with Crippen molar-refractivity contribution < 1.29 is 38.5 Å². The van der Waals surface area contributed by atoms with Crippen molar-refractivity contribution in [1.29, 1.82) is 0 Å². The van der Waals surface area contributed by atoms with Gasteiger partial charge in [0.2, 0.25) is 17.3 Å². The summed E-state index contributed by atoms with van der Waals surface area (Å²) in [4.78, 5) is 56.8. The largest absolute Gasteiger partial charge is 0.507 e. The summed E-state index contributed by atoms with van der Waals surface area (Å²) < 4.78 is 16.7. The number of piperazine rings is 1. The van der Waals surface area contributed by atoms with Crippen LogP contribution in [0.5, 0.6) is 17.2 Å². The number of carbonyl (C=O) groups excluding carboxylic acids is 4. The molecule has 3 aliphatic rings. The average molecular weight is 568 g/mol. The first-order valence-electron chi connectivity index (χ1n) is 12.5. The van der Waals surface area contributed by atoms with Gasteiger partial charge in [0.1, 0.15) is 22.1 Å². The number of aliphatic imine (C=N–C) groups is 1. The van der Waals surface area contributed by atoms with Crippen LogP contribution in [-0.2, 0) is 9.59 Å². The maximum Gasteiger partial charge on any atom is 0.254 e. The summed E-state index contributed by atoms with van der Waals surface area (Å²) in [7, 11) is 2.78. The molecule has 11 nitrogen and oxygen atoms in total. The summed E-state index contributed by atoms with van der Waals surface area (Å²) in [5, 5.41) is 14.1. The number of rotatable bonds is 5. The molecule has 0 bridgehead atoms. The Kier molecular flexibility index (Phi) is 7.01.